The first-order valence-corrected chi connectivity index (χ1v) is 6.71. The van der Waals surface area contributed by atoms with E-state index in [0.29, 0.717) is 17.9 Å². The topological polar surface area (TPSA) is 51.5 Å². The maximum Gasteiger partial charge on any atom is 0.255 e. The monoisotopic (exact) mass is 273 g/mol. The van der Waals surface area contributed by atoms with Gasteiger partial charge in [0.2, 0.25) is 0 Å². The highest BCUT2D eigenvalue weighted by molar-refractivity contribution is 5.97. The standard InChI is InChI=1S/C16H19NO3/c1-4-19-15-8-6-5-7-13(15)16(18)17-12(3)14-10-9-11(2)20-14/h5-10,12H,4H2,1-3H3,(H,17,18). The summed E-state index contributed by atoms with van der Waals surface area (Å²) in [6, 6.07) is 10.8. The number of ether oxygens (including phenoxy) is 1. The number of hydrogen-bond acceptors (Lipinski definition) is 3. The number of benzene rings is 1. The summed E-state index contributed by atoms with van der Waals surface area (Å²) in [7, 11) is 0. The number of aryl methyl sites for hydroxylation is 1. The molecular weight excluding hydrogens is 254 g/mol. The smallest absolute Gasteiger partial charge is 0.255 e. The van der Waals surface area contributed by atoms with Crippen molar-refractivity contribution in [3.63, 3.8) is 0 Å². The lowest BCUT2D eigenvalue weighted by molar-refractivity contribution is 0.0931. The Labute approximate surface area is 118 Å². The molecule has 1 N–H and O–H groups in total. The molecule has 1 heterocycles. The van der Waals surface area contributed by atoms with Crippen LogP contribution in [-0.4, -0.2) is 12.5 Å². The van der Waals surface area contributed by atoms with E-state index in [9.17, 15) is 4.79 Å². The van der Waals surface area contributed by atoms with Gasteiger partial charge in [-0.3, -0.25) is 4.79 Å². The zero-order valence-electron chi connectivity index (χ0n) is 12.0. The zero-order chi connectivity index (χ0) is 14.5. The summed E-state index contributed by atoms with van der Waals surface area (Å²) in [6.07, 6.45) is 0. The summed E-state index contributed by atoms with van der Waals surface area (Å²) >= 11 is 0. The van der Waals surface area contributed by atoms with Crippen molar-refractivity contribution >= 4 is 5.91 Å². The van der Waals surface area contributed by atoms with Crippen molar-refractivity contribution < 1.29 is 13.9 Å². The number of furan rings is 1. The van der Waals surface area contributed by atoms with E-state index in [1.807, 2.05) is 45.0 Å². The van der Waals surface area contributed by atoms with Crippen LogP contribution in [0, 0.1) is 6.92 Å². The lowest BCUT2D eigenvalue weighted by Crippen LogP contribution is -2.26. The molecule has 2 aromatic rings. The molecule has 4 heteroatoms. The van der Waals surface area contributed by atoms with Crippen molar-refractivity contribution in [2.45, 2.75) is 26.8 Å². The van der Waals surface area contributed by atoms with Crippen LogP contribution in [0.4, 0.5) is 0 Å². The van der Waals surface area contributed by atoms with Crippen LogP contribution in [0.25, 0.3) is 0 Å². The van der Waals surface area contributed by atoms with Crippen LogP contribution in [0.15, 0.2) is 40.8 Å². The number of carbonyl (C=O) groups is 1. The predicted molar refractivity (Wildman–Crippen MR) is 76.9 cm³/mol. The molecule has 20 heavy (non-hydrogen) atoms. The lowest BCUT2D eigenvalue weighted by atomic mass is 10.1. The fraction of sp³-hybridized carbons (Fsp3) is 0.312. The minimum atomic E-state index is -0.189. The fourth-order valence-electron chi connectivity index (χ4n) is 1.97. The van der Waals surface area contributed by atoms with Crippen LogP contribution in [0.5, 0.6) is 5.75 Å². The number of amides is 1. The second kappa shape index (κ2) is 6.28. The highest BCUT2D eigenvalue weighted by Crippen LogP contribution is 2.20. The van der Waals surface area contributed by atoms with Gasteiger partial charge < -0.3 is 14.5 Å². The normalized spacial score (nSPS) is 11.9. The van der Waals surface area contributed by atoms with Crippen LogP contribution < -0.4 is 10.1 Å². The van der Waals surface area contributed by atoms with Crippen molar-refractivity contribution in [3.8, 4) is 5.75 Å². The Bertz CT molecular complexity index is 589. The van der Waals surface area contributed by atoms with Gasteiger partial charge in [-0.15, -0.1) is 0 Å². The van der Waals surface area contributed by atoms with Gasteiger partial charge in [0.1, 0.15) is 17.3 Å². The van der Waals surface area contributed by atoms with E-state index in [4.69, 9.17) is 9.15 Å². The van der Waals surface area contributed by atoms with E-state index in [1.165, 1.54) is 0 Å². The average molecular weight is 273 g/mol. The summed E-state index contributed by atoms with van der Waals surface area (Å²) in [5.41, 5.74) is 0.532. The highest BCUT2D eigenvalue weighted by atomic mass is 16.5. The average Bonchev–Trinajstić information content (AvgIpc) is 2.86. The highest BCUT2D eigenvalue weighted by Gasteiger charge is 2.17. The van der Waals surface area contributed by atoms with Crippen LogP contribution in [0.1, 0.15) is 41.8 Å². The summed E-state index contributed by atoms with van der Waals surface area (Å²) in [6.45, 7) is 6.18. The van der Waals surface area contributed by atoms with E-state index in [-0.39, 0.29) is 11.9 Å². The minimum absolute atomic E-state index is 0.171. The van der Waals surface area contributed by atoms with Gasteiger partial charge in [0.25, 0.3) is 5.91 Å². The Morgan fingerprint density at radius 1 is 1.30 bits per heavy atom. The van der Waals surface area contributed by atoms with Gasteiger partial charge in [0.05, 0.1) is 18.2 Å². The number of hydrogen-bond donors (Lipinski definition) is 1. The van der Waals surface area contributed by atoms with E-state index >= 15 is 0 Å². The second-order valence-corrected chi connectivity index (χ2v) is 4.57. The summed E-state index contributed by atoms with van der Waals surface area (Å²) in [4.78, 5) is 12.3. The van der Waals surface area contributed by atoms with Gasteiger partial charge >= 0.3 is 0 Å². The van der Waals surface area contributed by atoms with E-state index in [2.05, 4.69) is 5.32 Å². The molecule has 1 amide bonds. The van der Waals surface area contributed by atoms with Gasteiger partial charge in [-0.25, -0.2) is 0 Å². The van der Waals surface area contributed by atoms with Crippen molar-refractivity contribution in [2.24, 2.45) is 0 Å². The van der Waals surface area contributed by atoms with Gasteiger partial charge in [-0.1, -0.05) is 12.1 Å². The van der Waals surface area contributed by atoms with Gasteiger partial charge in [0.15, 0.2) is 0 Å². The van der Waals surface area contributed by atoms with Crippen LogP contribution >= 0.6 is 0 Å². The molecule has 0 radical (unpaired) electrons. The first-order valence-electron chi connectivity index (χ1n) is 6.71. The Morgan fingerprint density at radius 3 is 2.70 bits per heavy atom. The Balaban J connectivity index is 2.12. The molecule has 4 nitrogen and oxygen atoms in total. The Kier molecular flexibility index (Phi) is 4.45. The molecule has 0 saturated heterocycles. The molecule has 0 aliphatic rings. The molecule has 0 spiro atoms. The van der Waals surface area contributed by atoms with E-state index in [1.54, 1.807) is 12.1 Å². The van der Waals surface area contributed by atoms with Crippen molar-refractivity contribution in [3.05, 3.63) is 53.5 Å². The molecule has 1 atom stereocenters. The van der Waals surface area contributed by atoms with Gasteiger partial charge in [-0.05, 0) is 45.0 Å². The third-order valence-electron chi connectivity index (χ3n) is 2.97. The van der Waals surface area contributed by atoms with E-state index < -0.39 is 0 Å². The third kappa shape index (κ3) is 3.20. The van der Waals surface area contributed by atoms with E-state index in [0.717, 1.165) is 11.5 Å². The van der Waals surface area contributed by atoms with Crippen LogP contribution in [-0.2, 0) is 0 Å². The third-order valence-corrected chi connectivity index (χ3v) is 2.97. The second-order valence-electron chi connectivity index (χ2n) is 4.57. The molecule has 1 aromatic carbocycles. The first kappa shape index (κ1) is 14.2. The molecule has 106 valence electrons. The Morgan fingerprint density at radius 2 is 2.05 bits per heavy atom. The fourth-order valence-corrected chi connectivity index (χ4v) is 1.97. The number of nitrogens with one attached hydrogen (secondary N) is 1. The summed E-state index contributed by atoms with van der Waals surface area (Å²) in [5, 5.41) is 2.91. The zero-order valence-corrected chi connectivity index (χ0v) is 12.0. The SMILES string of the molecule is CCOc1ccccc1C(=O)NC(C)c1ccc(C)o1. The molecule has 0 bridgehead atoms. The van der Waals surface area contributed by atoms with Crippen LogP contribution in [0.2, 0.25) is 0 Å². The molecule has 2 rings (SSSR count). The minimum Gasteiger partial charge on any atom is -0.493 e. The summed E-state index contributed by atoms with van der Waals surface area (Å²) < 4.78 is 11.0. The molecule has 0 saturated carbocycles. The quantitative estimate of drug-likeness (QED) is 0.907. The summed E-state index contributed by atoms with van der Waals surface area (Å²) in [5.74, 6) is 1.99. The Hall–Kier alpha value is -2.23. The molecular formula is C16H19NO3. The maximum atomic E-state index is 12.3. The lowest BCUT2D eigenvalue weighted by Gasteiger charge is -2.14. The maximum absolute atomic E-state index is 12.3. The van der Waals surface area contributed by atoms with Crippen LogP contribution in [0.3, 0.4) is 0 Å². The van der Waals surface area contributed by atoms with Crippen molar-refractivity contribution in [1.29, 1.82) is 0 Å². The number of rotatable bonds is 5. The predicted octanol–water partition coefficient (Wildman–Crippen LogP) is 3.48. The molecule has 0 aliphatic heterocycles. The largest absolute Gasteiger partial charge is 0.493 e. The molecule has 1 unspecified atom stereocenters. The molecule has 1 aromatic heterocycles. The first-order chi connectivity index (χ1) is 9.61. The van der Waals surface area contributed by atoms with Crippen molar-refractivity contribution in [1.82, 2.24) is 5.32 Å². The number of carbonyl (C=O) groups excluding carboxylic acids is 1. The van der Waals surface area contributed by atoms with Crippen molar-refractivity contribution in [2.75, 3.05) is 6.61 Å². The number of para-hydroxylation sites is 1. The molecule has 0 fully saturated rings. The van der Waals surface area contributed by atoms with Gasteiger partial charge in [-0.2, -0.15) is 0 Å². The van der Waals surface area contributed by atoms with Gasteiger partial charge in [0, 0.05) is 0 Å². The molecule has 0 aliphatic carbocycles.